The van der Waals surface area contributed by atoms with Crippen LogP contribution >= 0.6 is 0 Å². The summed E-state index contributed by atoms with van der Waals surface area (Å²) in [5, 5.41) is 21.8. The Bertz CT molecular complexity index is 1910. The van der Waals surface area contributed by atoms with Crippen molar-refractivity contribution in [1.82, 2.24) is 4.90 Å². The molecule has 0 aliphatic carbocycles. The van der Waals surface area contributed by atoms with E-state index in [0.29, 0.717) is 16.9 Å². The fourth-order valence-electron chi connectivity index (χ4n) is 7.99. The summed E-state index contributed by atoms with van der Waals surface area (Å²) in [4.78, 5) is 68.5. The summed E-state index contributed by atoms with van der Waals surface area (Å²) in [5.74, 6) is -2.52. The molecule has 3 aliphatic rings. The van der Waals surface area contributed by atoms with E-state index in [1.165, 1.54) is 52.9 Å². The standard InChI is InChI=1S/C37H41FN4O9Si/c1-23-35(52(3,4)38)31(19-32(45)39(15-16-43)21-25-9-6-5-7-10-25)51-37(23)29-18-28(42(48)49)13-14-30(29)40(36(37)47)22-26-11-8-12-27(17-26)41-33(46)20-34(41)50-24(2)44/h5-14,17-18,23,31,34-35,43H,15-16,19-22H2,1-4H3/t23-,31+,34?,35-,37+/m1/s1. The minimum atomic E-state index is -3.69. The van der Waals surface area contributed by atoms with E-state index in [-0.39, 0.29) is 62.1 Å². The average Bonchev–Trinajstić information content (AvgIpc) is 3.50. The Kier molecular flexibility index (Phi) is 10.0. The number of ether oxygens (including phenoxy) is 2. The highest BCUT2D eigenvalue weighted by atomic mass is 28.4. The van der Waals surface area contributed by atoms with Crippen LogP contribution in [0, 0.1) is 16.0 Å². The van der Waals surface area contributed by atoms with Gasteiger partial charge in [-0.2, -0.15) is 0 Å². The van der Waals surface area contributed by atoms with E-state index in [4.69, 9.17) is 9.47 Å². The number of nitrogens with zero attached hydrogens (tertiary/aromatic N) is 4. The first-order valence-corrected chi connectivity index (χ1v) is 20.1. The lowest BCUT2D eigenvalue weighted by atomic mass is 9.82. The van der Waals surface area contributed by atoms with Crippen LogP contribution in [0.3, 0.4) is 0 Å². The molecule has 0 aromatic heterocycles. The quantitative estimate of drug-likeness (QED) is 0.0679. The third-order valence-corrected chi connectivity index (χ3v) is 12.7. The Labute approximate surface area is 301 Å². The van der Waals surface area contributed by atoms with E-state index in [1.54, 1.807) is 31.2 Å². The minimum absolute atomic E-state index is 0.0262. The molecule has 1 N–H and O–H groups in total. The van der Waals surface area contributed by atoms with Crippen molar-refractivity contribution in [2.24, 2.45) is 5.92 Å². The molecule has 0 radical (unpaired) electrons. The monoisotopic (exact) mass is 732 g/mol. The third-order valence-electron chi connectivity index (χ3n) is 10.2. The van der Waals surface area contributed by atoms with Gasteiger partial charge in [-0.05, 0) is 42.4 Å². The molecular formula is C37H41FN4O9Si. The topological polar surface area (TPSA) is 160 Å². The van der Waals surface area contributed by atoms with Crippen LogP contribution < -0.4 is 9.80 Å². The fraction of sp³-hybridized carbons (Fsp3) is 0.405. The molecule has 3 aromatic carbocycles. The van der Waals surface area contributed by atoms with Crippen molar-refractivity contribution in [3.8, 4) is 0 Å². The van der Waals surface area contributed by atoms with Gasteiger partial charge in [-0.1, -0.05) is 49.4 Å². The van der Waals surface area contributed by atoms with Crippen molar-refractivity contribution in [1.29, 1.82) is 0 Å². The second-order valence-electron chi connectivity index (χ2n) is 14.1. The number of non-ortho nitro benzene ring substituents is 1. The number of nitro benzene ring substituents is 1. The molecule has 0 saturated carbocycles. The highest BCUT2D eigenvalue weighted by Gasteiger charge is 2.67. The zero-order valence-electron chi connectivity index (χ0n) is 29.4. The van der Waals surface area contributed by atoms with Gasteiger partial charge in [0, 0.05) is 54.9 Å². The van der Waals surface area contributed by atoms with E-state index >= 15 is 4.11 Å². The number of benzene rings is 3. The second kappa shape index (κ2) is 14.2. The van der Waals surface area contributed by atoms with Crippen LogP contribution in [-0.2, 0) is 47.3 Å². The minimum Gasteiger partial charge on any atom is -0.441 e. The molecule has 6 rings (SSSR count). The lowest BCUT2D eigenvalue weighted by Gasteiger charge is -2.39. The SMILES string of the molecule is CC(=O)OC1CC(=O)N1c1cccc(CN2C(=O)[C@@]3(O[C@@H](CC(=O)N(CCO)Cc4ccccc4)[C@H]([Si](C)(C)F)[C@H]3C)c3cc([N+](=O)[O-])ccc32)c1. The Balaban J connectivity index is 1.35. The van der Waals surface area contributed by atoms with Crippen molar-refractivity contribution >= 4 is 49.2 Å². The smallest absolute Gasteiger partial charge is 0.304 e. The summed E-state index contributed by atoms with van der Waals surface area (Å²) in [7, 11) is -3.69. The lowest BCUT2D eigenvalue weighted by molar-refractivity contribution is -0.385. The second-order valence-corrected chi connectivity index (χ2v) is 17.8. The maximum Gasteiger partial charge on any atom is 0.304 e. The summed E-state index contributed by atoms with van der Waals surface area (Å²) in [5.41, 5.74) is -0.489. The van der Waals surface area contributed by atoms with Gasteiger partial charge in [-0.15, -0.1) is 0 Å². The van der Waals surface area contributed by atoms with Crippen LogP contribution in [0.5, 0.6) is 0 Å². The number of fused-ring (bicyclic) bond motifs is 2. The number of carbonyl (C=O) groups is 4. The molecule has 2 fully saturated rings. The number of amides is 3. The van der Waals surface area contributed by atoms with Gasteiger partial charge in [0.25, 0.3) is 11.6 Å². The summed E-state index contributed by atoms with van der Waals surface area (Å²) in [6, 6.07) is 20.1. The summed E-state index contributed by atoms with van der Waals surface area (Å²) >= 11 is 0. The number of rotatable bonds is 12. The van der Waals surface area contributed by atoms with Crippen LogP contribution in [-0.4, -0.2) is 72.5 Å². The van der Waals surface area contributed by atoms with Gasteiger partial charge in [-0.25, -0.2) is 0 Å². The molecule has 1 unspecified atom stereocenters. The van der Waals surface area contributed by atoms with Crippen molar-refractivity contribution in [3.05, 3.63) is 99.6 Å². The van der Waals surface area contributed by atoms with Crippen LogP contribution in [0.1, 0.15) is 43.4 Å². The molecule has 3 aromatic rings. The number of β-lactam (4-membered cyclic amide) rings is 1. The lowest BCUT2D eigenvalue weighted by Crippen LogP contribution is -2.54. The molecule has 52 heavy (non-hydrogen) atoms. The molecule has 15 heteroatoms. The van der Waals surface area contributed by atoms with E-state index in [2.05, 4.69) is 0 Å². The van der Waals surface area contributed by atoms with Crippen molar-refractivity contribution in [3.63, 3.8) is 0 Å². The van der Waals surface area contributed by atoms with E-state index in [1.807, 2.05) is 30.3 Å². The predicted octanol–water partition coefficient (Wildman–Crippen LogP) is 4.95. The third kappa shape index (κ3) is 6.71. The van der Waals surface area contributed by atoms with Crippen LogP contribution in [0.4, 0.5) is 21.2 Å². The first kappa shape index (κ1) is 36.8. The van der Waals surface area contributed by atoms with Crippen molar-refractivity contribution in [2.75, 3.05) is 23.0 Å². The molecule has 0 bridgehead atoms. The molecule has 13 nitrogen and oxygen atoms in total. The molecule has 2 saturated heterocycles. The normalized spacial score (nSPS) is 23.8. The zero-order valence-corrected chi connectivity index (χ0v) is 30.4. The first-order chi connectivity index (χ1) is 24.6. The molecule has 1 spiro atoms. The highest BCUT2D eigenvalue weighted by molar-refractivity contribution is 6.72. The maximum atomic E-state index is 16.4. The number of aliphatic hydroxyl groups excluding tert-OH is 1. The number of nitro groups is 1. The number of hydrogen-bond acceptors (Lipinski definition) is 9. The maximum absolute atomic E-state index is 16.4. The van der Waals surface area contributed by atoms with Crippen LogP contribution in [0.15, 0.2) is 72.8 Å². The molecule has 3 aliphatic heterocycles. The number of halogens is 1. The van der Waals surface area contributed by atoms with Crippen LogP contribution in [0.2, 0.25) is 18.6 Å². The number of hydrogen-bond donors (Lipinski definition) is 1. The zero-order chi connectivity index (χ0) is 37.5. The number of carbonyl (C=O) groups excluding carboxylic acids is 4. The molecule has 274 valence electrons. The summed E-state index contributed by atoms with van der Waals surface area (Å²) in [6.45, 7) is 5.89. The van der Waals surface area contributed by atoms with E-state index < -0.39 is 54.6 Å². The van der Waals surface area contributed by atoms with Gasteiger partial charge in [0.2, 0.25) is 20.2 Å². The predicted molar refractivity (Wildman–Crippen MR) is 190 cm³/mol. The first-order valence-electron chi connectivity index (χ1n) is 17.1. The van der Waals surface area contributed by atoms with Gasteiger partial charge < -0.3 is 28.5 Å². The number of anilines is 2. The van der Waals surface area contributed by atoms with E-state index in [9.17, 15) is 34.4 Å². The molecular weight excluding hydrogens is 692 g/mol. The van der Waals surface area contributed by atoms with E-state index in [0.717, 1.165) is 5.56 Å². The largest absolute Gasteiger partial charge is 0.441 e. The average molecular weight is 733 g/mol. The molecule has 5 atom stereocenters. The Morgan fingerprint density at radius 2 is 1.81 bits per heavy atom. The fourth-order valence-corrected chi connectivity index (χ4v) is 10.5. The number of aliphatic hydroxyl groups is 1. The van der Waals surface area contributed by atoms with Gasteiger partial charge >= 0.3 is 5.97 Å². The van der Waals surface area contributed by atoms with Crippen molar-refractivity contribution < 1.29 is 42.8 Å². The molecule has 3 heterocycles. The Morgan fingerprint density at radius 1 is 1.10 bits per heavy atom. The van der Waals surface area contributed by atoms with Gasteiger partial charge in [0.1, 0.15) is 0 Å². The van der Waals surface area contributed by atoms with Gasteiger partial charge in [-0.3, -0.25) is 34.2 Å². The molecule has 3 amide bonds. The Hall–Kier alpha value is -4.99. The Morgan fingerprint density at radius 3 is 2.44 bits per heavy atom. The van der Waals surface area contributed by atoms with Gasteiger partial charge in [0.05, 0.1) is 42.7 Å². The number of esters is 1. The summed E-state index contributed by atoms with van der Waals surface area (Å²) < 4.78 is 28.4. The van der Waals surface area contributed by atoms with Crippen molar-refractivity contribution in [2.45, 2.75) is 76.3 Å². The van der Waals surface area contributed by atoms with Crippen LogP contribution in [0.25, 0.3) is 0 Å². The highest BCUT2D eigenvalue weighted by Crippen LogP contribution is 2.60. The summed E-state index contributed by atoms with van der Waals surface area (Å²) in [6.07, 6.45) is -2.02. The van der Waals surface area contributed by atoms with Gasteiger partial charge in [0.15, 0.2) is 11.8 Å².